The second kappa shape index (κ2) is 5.48. The van der Waals surface area contributed by atoms with Gasteiger partial charge in [0.05, 0.1) is 11.9 Å². The van der Waals surface area contributed by atoms with Gasteiger partial charge in [0.15, 0.2) is 0 Å². The van der Waals surface area contributed by atoms with Crippen molar-refractivity contribution in [3.05, 3.63) is 29.7 Å². The average molecular weight is 274 g/mol. The number of carbonyl (C=O) groups is 1. The highest BCUT2D eigenvalue weighted by molar-refractivity contribution is 5.42. The molecule has 2 aromatic rings. The van der Waals surface area contributed by atoms with Gasteiger partial charge in [0.2, 0.25) is 5.88 Å². The molecule has 0 saturated heterocycles. The molecule has 0 N–H and O–H groups in total. The summed E-state index contributed by atoms with van der Waals surface area (Å²) in [6.45, 7) is 4.62. The van der Waals surface area contributed by atoms with Crippen molar-refractivity contribution < 1.29 is 9.53 Å². The first-order valence-electron chi connectivity index (χ1n) is 6.95. The molecule has 0 aliphatic carbocycles. The Morgan fingerprint density at radius 1 is 1.10 bits per heavy atom. The molecule has 4 rings (SSSR count). The van der Waals surface area contributed by atoms with Crippen LogP contribution in [0.25, 0.3) is 0 Å². The molecule has 0 saturated carbocycles. The normalized spacial score (nSPS) is 15.2. The van der Waals surface area contributed by atoms with Crippen LogP contribution in [0.1, 0.15) is 30.2 Å². The molecule has 6 nitrogen and oxygen atoms in total. The maximum absolute atomic E-state index is 9.93. The number of carbonyl (C=O) groups excluding carboxylic acids is 1. The molecule has 0 fully saturated rings. The quantitative estimate of drug-likeness (QED) is 0.779. The zero-order valence-electron chi connectivity index (χ0n) is 11.6. The molecule has 2 aliphatic rings. The van der Waals surface area contributed by atoms with Crippen LogP contribution in [-0.2, 0) is 30.7 Å². The molecule has 0 radical (unpaired) electrons. The lowest BCUT2D eigenvalue weighted by Gasteiger charge is -1.89. The minimum Gasteiger partial charge on any atom is -0.408 e. The predicted molar refractivity (Wildman–Crippen MR) is 72.5 cm³/mol. The van der Waals surface area contributed by atoms with E-state index in [0.29, 0.717) is 12.4 Å². The van der Waals surface area contributed by atoms with Crippen LogP contribution in [0, 0.1) is 6.92 Å². The Morgan fingerprint density at radius 3 is 2.35 bits per heavy atom. The van der Waals surface area contributed by atoms with E-state index < -0.39 is 0 Å². The second-order valence-electron chi connectivity index (χ2n) is 5.10. The summed E-state index contributed by atoms with van der Waals surface area (Å²) < 4.78 is 8.85. The van der Waals surface area contributed by atoms with Crippen LogP contribution in [0.5, 0.6) is 5.88 Å². The van der Waals surface area contributed by atoms with Crippen molar-refractivity contribution in [2.75, 3.05) is 0 Å². The van der Waals surface area contributed by atoms with Crippen LogP contribution in [0.4, 0.5) is 0 Å². The number of aromatic nitrogens is 4. The van der Waals surface area contributed by atoms with Gasteiger partial charge >= 0.3 is 0 Å². The Morgan fingerprint density at radius 2 is 1.75 bits per heavy atom. The fraction of sp³-hybridized carbons (Fsp3) is 0.500. The lowest BCUT2D eigenvalue weighted by Crippen LogP contribution is -1.89. The summed E-state index contributed by atoms with van der Waals surface area (Å²) in [6, 6.07) is 0. The highest BCUT2D eigenvalue weighted by atomic mass is 16.5. The Bertz CT molecular complexity index is 572. The molecule has 106 valence electrons. The van der Waals surface area contributed by atoms with E-state index in [1.165, 1.54) is 25.2 Å². The maximum atomic E-state index is 9.93. The van der Waals surface area contributed by atoms with Crippen molar-refractivity contribution in [3.8, 4) is 5.88 Å². The van der Waals surface area contributed by atoms with E-state index >= 15 is 0 Å². The third-order valence-corrected chi connectivity index (χ3v) is 3.58. The summed E-state index contributed by atoms with van der Waals surface area (Å²) in [7, 11) is 0. The minimum atomic E-state index is 0.401. The Balaban J connectivity index is 0.000000123. The summed E-state index contributed by atoms with van der Waals surface area (Å²) in [4.78, 5) is 18.4. The van der Waals surface area contributed by atoms with Crippen LogP contribution in [0.15, 0.2) is 12.4 Å². The monoisotopic (exact) mass is 274 g/mol. The molecule has 0 atom stereocenters. The van der Waals surface area contributed by atoms with Gasteiger partial charge < -0.3 is 13.9 Å². The molecule has 20 heavy (non-hydrogen) atoms. The highest BCUT2D eigenvalue weighted by Crippen LogP contribution is 2.18. The van der Waals surface area contributed by atoms with Gasteiger partial charge in [-0.1, -0.05) is 0 Å². The average Bonchev–Trinajstić information content (AvgIpc) is 3.09. The molecule has 0 bridgehead atoms. The number of rotatable bonds is 2. The van der Waals surface area contributed by atoms with Gasteiger partial charge in [-0.2, -0.15) is 4.98 Å². The zero-order chi connectivity index (χ0) is 13.9. The summed E-state index contributed by atoms with van der Waals surface area (Å²) in [5, 5.41) is 0. The van der Waals surface area contributed by atoms with Crippen LogP contribution in [0.3, 0.4) is 0 Å². The Kier molecular flexibility index (Phi) is 3.54. The third kappa shape index (κ3) is 2.59. The largest absolute Gasteiger partial charge is 0.408 e. The number of aryl methyl sites for hydroxylation is 5. The molecular formula is C14H18N4O2. The molecule has 0 spiro atoms. The molecular weight excluding hydrogens is 256 g/mol. The fourth-order valence-electron chi connectivity index (χ4n) is 2.73. The van der Waals surface area contributed by atoms with Gasteiger partial charge in [-0.3, -0.25) is 4.79 Å². The first kappa shape index (κ1) is 12.9. The van der Waals surface area contributed by atoms with Gasteiger partial charge in [0, 0.05) is 32.1 Å². The van der Waals surface area contributed by atoms with Crippen molar-refractivity contribution in [1.82, 2.24) is 19.1 Å². The summed E-state index contributed by atoms with van der Waals surface area (Å²) in [5.74, 6) is 2.70. The summed E-state index contributed by atoms with van der Waals surface area (Å²) in [6.07, 6.45) is 8.47. The van der Waals surface area contributed by atoms with Crippen molar-refractivity contribution in [3.63, 3.8) is 0 Å². The number of hydrogen-bond donors (Lipinski definition) is 0. The van der Waals surface area contributed by atoms with Crippen molar-refractivity contribution in [2.24, 2.45) is 0 Å². The minimum absolute atomic E-state index is 0.401. The topological polar surface area (TPSA) is 61.9 Å². The van der Waals surface area contributed by atoms with E-state index in [4.69, 9.17) is 0 Å². The lowest BCUT2D eigenvalue weighted by molar-refractivity contribution is -0.120. The maximum Gasteiger partial charge on any atom is 0.299 e. The first-order valence-corrected chi connectivity index (χ1v) is 6.95. The van der Waals surface area contributed by atoms with Gasteiger partial charge in [0.25, 0.3) is 6.47 Å². The second-order valence-corrected chi connectivity index (χ2v) is 5.10. The zero-order valence-corrected chi connectivity index (χ0v) is 11.6. The molecule has 4 heterocycles. The highest BCUT2D eigenvalue weighted by Gasteiger charge is 2.13. The number of hydrogen-bond acceptors (Lipinski definition) is 4. The number of imidazole rings is 2. The van der Waals surface area contributed by atoms with Gasteiger partial charge in [-0.15, -0.1) is 0 Å². The van der Waals surface area contributed by atoms with Crippen LogP contribution < -0.4 is 4.74 Å². The fourth-order valence-corrected chi connectivity index (χ4v) is 2.73. The van der Waals surface area contributed by atoms with Crippen LogP contribution >= 0.6 is 0 Å². The van der Waals surface area contributed by atoms with Crippen molar-refractivity contribution >= 4 is 6.47 Å². The van der Waals surface area contributed by atoms with Gasteiger partial charge in [-0.25, -0.2) is 4.98 Å². The SMILES string of the molecule is Cc1cn2c(n1)CCC2.O=COc1cn2c(n1)CCC2. The predicted octanol–water partition coefficient (Wildman–Crippen LogP) is 1.50. The van der Waals surface area contributed by atoms with E-state index in [-0.39, 0.29) is 0 Å². The smallest absolute Gasteiger partial charge is 0.299 e. The summed E-state index contributed by atoms with van der Waals surface area (Å²) in [5.41, 5.74) is 1.16. The number of fused-ring (bicyclic) bond motifs is 2. The van der Waals surface area contributed by atoms with E-state index in [1.54, 1.807) is 6.20 Å². The van der Waals surface area contributed by atoms with E-state index in [1.807, 2.05) is 11.5 Å². The first-order chi connectivity index (χ1) is 9.76. The standard InChI is InChI=1S/C7H8N2O2.C7H10N2/c10-5-11-7-4-9-3-1-2-6(9)8-7;1-6-5-9-4-2-3-7(9)8-6/h4-5H,1-3H2;5H,2-4H2,1H3. The number of nitrogens with zero attached hydrogens (tertiary/aromatic N) is 4. The van der Waals surface area contributed by atoms with Crippen LogP contribution in [0.2, 0.25) is 0 Å². The summed E-state index contributed by atoms with van der Waals surface area (Å²) >= 11 is 0. The van der Waals surface area contributed by atoms with E-state index in [0.717, 1.165) is 30.9 Å². The molecule has 2 aromatic heterocycles. The van der Waals surface area contributed by atoms with E-state index in [9.17, 15) is 4.79 Å². The van der Waals surface area contributed by atoms with Crippen LogP contribution in [-0.4, -0.2) is 25.6 Å². The van der Waals surface area contributed by atoms with Gasteiger partial charge in [0.1, 0.15) is 11.6 Å². The van der Waals surface area contributed by atoms with E-state index in [2.05, 4.69) is 25.5 Å². The van der Waals surface area contributed by atoms with Crippen molar-refractivity contribution in [2.45, 2.75) is 45.7 Å². The molecule has 0 amide bonds. The molecule has 0 unspecified atom stereocenters. The lowest BCUT2D eigenvalue weighted by atomic mass is 10.4. The number of ether oxygens (including phenoxy) is 1. The Hall–Kier alpha value is -2.11. The molecule has 0 aromatic carbocycles. The van der Waals surface area contributed by atoms with Crippen molar-refractivity contribution in [1.29, 1.82) is 0 Å². The molecule has 6 heteroatoms. The third-order valence-electron chi connectivity index (χ3n) is 3.58. The Labute approximate surface area is 117 Å². The molecule has 2 aliphatic heterocycles. The van der Waals surface area contributed by atoms with Gasteiger partial charge in [-0.05, 0) is 19.8 Å².